The number of pyridine rings is 1. The topological polar surface area (TPSA) is 98.9 Å². The monoisotopic (exact) mass is 620 g/mol. The van der Waals surface area contributed by atoms with Crippen LogP contribution in [0.3, 0.4) is 0 Å². The van der Waals surface area contributed by atoms with Crippen LogP contribution in [0.25, 0.3) is 17.1 Å². The van der Waals surface area contributed by atoms with E-state index >= 15 is 0 Å². The van der Waals surface area contributed by atoms with E-state index in [1.54, 1.807) is 6.07 Å². The van der Waals surface area contributed by atoms with Gasteiger partial charge in [-0.25, -0.2) is 9.78 Å². The molecule has 9 nitrogen and oxygen atoms in total. The van der Waals surface area contributed by atoms with Crippen molar-refractivity contribution < 1.29 is 24.1 Å². The van der Waals surface area contributed by atoms with E-state index in [1.807, 2.05) is 44.2 Å². The van der Waals surface area contributed by atoms with Gasteiger partial charge in [0.15, 0.2) is 11.9 Å². The summed E-state index contributed by atoms with van der Waals surface area (Å²) in [5.41, 5.74) is 7.72. The van der Waals surface area contributed by atoms with E-state index in [-0.39, 0.29) is 11.4 Å². The van der Waals surface area contributed by atoms with Crippen LogP contribution in [0.5, 0.6) is 11.6 Å². The average molecular weight is 621 g/mol. The molecule has 1 N–H and O–H groups in total. The van der Waals surface area contributed by atoms with E-state index in [4.69, 9.17) is 25.6 Å². The summed E-state index contributed by atoms with van der Waals surface area (Å²) in [5.74, 6) is 2.58. The molecular formula is C37H40N4O5. The Morgan fingerprint density at radius 2 is 1.96 bits per heavy atom. The van der Waals surface area contributed by atoms with Crippen molar-refractivity contribution in [3.8, 4) is 41.0 Å². The van der Waals surface area contributed by atoms with Crippen LogP contribution in [-0.2, 0) is 24.3 Å². The van der Waals surface area contributed by atoms with Crippen molar-refractivity contribution in [3.63, 3.8) is 0 Å². The number of para-hydroxylation sites is 1. The molecule has 4 heterocycles. The van der Waals surface area contributed by atoms with E-state index in [1.165, 1.54) is 33.1 Å². The number of benzene rings is 2. The Bertz CT molecular complexity index is 1770. The van der Waals surface area contributed by atoms with E-state index < -0.39 is 12.1 Å². The highest BCUT2D eigenvalue weighted by Gasteiger charge is 2.27. The van der Waals surface area contributed by atoms with Gasteiger partial charge in [0.2, 0.25) is 5.88 Å². The second-order valence-corrected chi connectivity index (χ2v) is 11.9. The molecule has 46 heavy (non-hydrogen) atoms. The number of carboxylic acid groups (broad SMARTS) is 1. The lowest BCUT2D eigenvalue weighted by Crippen LogP contribution is -2.42. The summed E-state index contributed by atoms with van der Waals surface area (Å²) in [6.07, 6.45) is 10.0. The van der Waals surface area contributed by atoms with Crippen molar-refractivity contribution in [1.29, 1.82) is 0 Å². The summed E-state index contributed by atoms with van der Waals surface area (Å²) in [6, 6.07) is 16.6. The van der Waals surface area contributed by atoms with Crippen LogP contribution in [0, 0.1) is 26.2 Å². The molecule has 2 aromatic heterocycles. The quantitative estimate of drug-likeness (QED) is 0.211. The number of ether oxygens (including phenoxy) is 3. The summed E-state index contributed by atoms with van der Waals surface area (Å²) in [6.45, 7) is 10.3. The van der Waals surface area contributed by atoms with Crippen LogP contribution in [0.2, 0.25) is 0 Å². The SMILES string of the molecule is C#C[C@@H](CC)Oc1c(C(=O)O)cnn1-c1cccc(-c2cccc(C)c2OCc2ccc3c(c2C)CCN(C2CCOCC2)C3)n1. The molecule has 0 aliphatic carbocycles. The second-order valence-electron chi connectivity index (χ2n) is 11.9. The number of aromatic carboxylic acids is 1. The minimum absolute atomic E-state index is 0.0430. The standard InChI is InChI=1S/C37H40N4O5/c1-5-29(6-2)46-36-32(37(42)43)21-38-41(36)34-12-8-11-33(39-34)31-10-7-9-24(3)35(31)45-23-27-14-13-26-22-40(18-15-30(26)25(27)4)28-16-19-44-20-17-28/h1,7-14,21,28-29H,6,15-20,22-23H2,2-4H3,(H,42,43)/t29-/m0/s1. The van der Waals surface area contributed by atoms with Crippen molar-refractivity contribution in [1.82, 2.24) is 19.7 Å². The molecule has 2 aromatic carbocycles. The lowest BCUT2D eigenvalue weighted by molar-refractivity contribution is 0.0290. The fourth-order valence-corrected chi connectivity index (χ4v) is 6.45. The number of terminal acetylenes is 1. The Balaban J connectivity index is 1.25. The first-order valence-electron chi connectivity index (χ1n) is 15.9. The maximum absolute atomic E-state index is 11.9. The third-order valence-corrected chi connectivity index (χ3v) is 9.11. The van der Waals surface area contributed by atoms with Gasteiger partial charge in [-0.1, -0.05) is 43.2 Å². The van der Waals surface area contributed by atoms with Gasteiger partial charge in [-0.2, -0.15) is 9.78 Å². The fourth-order valence-electron chi connectivity index (χ4n) is 6.45. The Morgan fingerprint density at radius 1 is 1.15 bits per heavy atom. The predicted molar refractivity (Wildman–Crippen MR) is 175 cm³/mol. The van der Waals surface area contributed by atoms with Crippen LogP contribution in [-0.4, -0.2) is 62.6 Å². The molecule has 0 bridgehead atoms. The fraction of sp³-hybridized carbons (Fsp3) is 0.378. The third kappa shape index (κ3) is 6.37. The van der Waals surface area contributed by atoms with Crippen molar-refractivity contribution in [3.05, 3.63) is 88.1 Å². The molecule has 1 fully saturated rings. The van der Waals surface area contributed by atoms with Gasteiger partial charge in [0, 0.05) is 37.9 Å². The zero-order valence-corrected chi connectivity index (χ0v) is 26.7. The van der Waals surface area contributed by atoms with E-state index in [9.17, 15) is 9.90 Å². The number of carbonyl (C=O) groups is 1. The normalized spacial score (nSPS) is 16.0. The second kappa shape index (κ2) is 13.8. The molecule has 2 aliphatic heterocycles. The van der Waals surface area contributed by atoms with E-state index in [2.05, 4.69) is 35.0 Å². The summed E-state index contributed by atoms with van der Waals surface area (Å²) < 4.78 is 19.4. The minimum atomic E-state index is -1.16. The minimum Gasteiger partial charge on any atom is -0.488 e. The lowest BCUT2D eigenvalue weighted by atomic mass is 9.90. The number of aromatic nitrogens is 3. The first-order chi connectivity index (χ1) is 22.4. The van der Waals surface area contributed by atoms with Gasteiger partial charge in [-0.3, -0.25) is 4.90 Å². The molecule has 1 atom stereocenters. The highest BCUT2D eigenvalue weighted by Crippen LogP contribution is 2.35. The zero-order chi connectivity index (χ0) is 32.2. The number of aryl methyl sites for hydroxylation is 1. The Morgan fingerprint density at radius 3 is 2.72 bits per heavy atom. The van der Waals surface area contributed by atoms with Crippen LogP contribution in [0.4, 0.5) is 0 Å². The third-order valence-electron chi connectivity index (χ3n) is 9.11. The van der Waals surface area contributed by atoms with Gasteiger partial charge < -0.3 is 19.3 Å². The van der Waals surface area contributed by atoms with E-state index in [0.717, 1.165) is 62.4 Å². The molecule has 2 aliphatic rings. The van der Waals surface area contributed by atoms with Gasteiger partial charge in [0.1, 0.15) is 17.9 Å². The molecule has 0 spiro atoms. The first kappa shape index (κ1) is 31.3. The highest BCUT2D eigenvalue weighted by molar-refractivity contribution is 5.90. The highest BCUT2D eigenvalue weighted by atomic mass is 16.5. The van der Waals surface area contributed by atoms with Gasteiger partial charge in [0.25, 0.3) is 0 Å². The summed E-state index contributed by atoms with van der Waals surface area (Å²) in [4.78, 5) is 19.4. The number of carboxylic acids is 1. The molecule has 0 radical (unpaired) electrons. The summed E-state index contributed by atoms with van der Waals surface area (Å²) in [5, 5.41) is 14.1. The number of hydrogen-bond acceptors (Lipinski definition) is 7. The number of fused-ring (bicyclic) bond motifs is 1. The van der Waals surface area contributed by atoms with Crippen LogP contribution in [0.1, 0.15) is 64.4 Å². The molecule has 238 valence electrons. The molecule has 9 heteroatoms. The van der Waals surface area contributed by atoms with Crippen molar-refractivity contribution in [2.75, 3.05) is 19.8 Å². The lowest BCUT2D eigenvalue weighted by Gasteiger charge is -2.38. The zero-order valence-electron chi connectivity index (χ0n) is 26.7. The Labute approximate surface area is 270 Å². The van der Waals surface area contributed by atoms with Gasteiger partial charge in [-0.15, -0.1) is 6.42 Å². The number of rotatable bonds is 10. The number of hydrogen-bond donors (Lipinski definition) is 1. The molecule has 0 amide bonds. The van der Waals surface area contributed by atoms with Crippen LogP contribution in [0.15, 0.2) is 54.7 Å². The molecule has 4 aromatic rings. The Hall–Kier alpha value is -4.65. The first-order valence-corrected chi connectivity index (χ1v) is 15.9. The smallest absolute Gasteiger partial charge is 0.342 e. The maximum Gasteiger partial charge on any atom is 0.342 e. The van der Waals surface area contributed by atoms with Crippen LogP contribution < -0.4 is 9.47 Å². The maximum atomic E-state index is 11.9. The summed E-state index contributed by atoms with van der Waals surface area (Å²) >= 11 is 0. The van der Waals surface area contributed by atoms with E-state index in [0.29, 0.717) is 30.6 Å². The largest absolute Gasteiger partial charge is 0.488 e. The molecule has 0 unspecified atom stereocenters. The predicted octanol–water partition coefficient (Wildman–Crippen LogP) is 6.16. The molecule has 6 rings (SSSR count). The average Bonchev–Trinajstić information content (AvgIpc) is 3.51. The van der Waals surface area contributed by atoms with Crippen LogP contribution >= 0.6 is 0 Å². The van der Waals surface area contributed by atoms with Crippen molar-refractivity contribution >= 4 is 5.97 Å². The van der Waals surface area contributed by atoms with Gasteiger partial charge in [-0.05, 0) is 85.5 Å². The molecular weight excluding hydrogens is 580 g/mol. The molecule has 1 saturated heterocycles. The van der Waals surface area contributed by atoms with Crippen molar-refractivity contribution in [2.45, 2.75) is 71.8 Å². The van der Waals surface area contributed by atoms with Gasteiger partial charge >= 0.3 is 5.97 Å². The Kier molecular flexibility index (Phi) is 9.38. The van der Waals surface area contributed by atoms with Crippen molar-refractivity contribution in [2.24, 2.45) is 0 Å². The summed E-state index contributed by atoms with van der Waals surface area (Å²) in [7, 11) is 0. The van der Waals surface area contributed by atoms with Gasteiger partial charge in [0.05, 0.1) is 11.9 Å². The number of nitrogens with zero attached hydrogens (tertiary/aromatic N) is 4. The molecule has 0 saturated carbocycles.